The predicted molar refractivity (Wildman–Crippen MR) is 52.0 cm³/mol. The fourth-order valence-corrected chi connectivity index (χ4v) is 0.930. The maximum absolute atomic E-state index is 11.2. The number of rotatable bonds is 3. The van der Waals surface area contributed by atoms with Gasteiger partial charge in [0.1, 0.15) is 6.61 Å². The summed E-state index contributed by atoms with van der Waals surface area (Å²) in [4.78, 5) is 11.2. The van der Waals surface area contributed by atoms with Gasteiger partial charge in [-0.15, -0.1) is 0 Å². The van der Waals surface area contributed by atoms with Crippen molar-refractivity contribution in [3.63, 3.8) is 0 Å². The van der Waals surface area contributed by atoms with E-state index in [4.69, 9.17) is 5.11 Å². The third-order valence-electron chi connectivity index (χ3n) is 1.41. The van der Waals surface area contributed by atoms with Gasteiger partial charge < -0.3 is 10.4 Å². The Bertz CT molecular complexity index is 223. The van der Waals surface area contributed by atoms with Crippen molar-refractivity contribution in [2.75, 3.05) is 6.61 Å². The van der Waals surface area contributed by atoms with E-state index < -0.39 is 5.54 Å². The lowest BCUT2D eigenvalue weighted by molar-refractivity contribution is -0.122. The van der Waals surface area contributed by atoms with Crippen LogP contribution in [0.15, 0.2) is 0 Å². The zero-order valence-electron chi connectivity index (χ0n) is 8.48. The van der Waals surface area contributed by atoms with E-state index in [1.165, 1.54) is 0 Å². The molecule has 2 N–H and O–H groups in total. The van der Waals surface area contributed by atoms with Crippen LogP contribution in [0.3, 0.4) is 0 Å². The first-order valence-corrected chi connectivity index (χ1v) is 4.43. The van der Waals surface area contributed by atoms with E-state index >= 15 is 0 Å². The van der Waals surface area contributed by atoms with Crippen LogP contribution in [0.1, 0.15) is 33.6 Å². The smallest absolute Gasteiger partial charge is 0.221 e. The van der Waals surface area contributed by atoms with Crippen LogP contribution in [0.25, 0.3) is 0 Å². The highest BCUT2D eigenvalue weighted by molar-refractivity contribution is 5.77. The first kappa shape index (κ1) is 12.0. The van der Waals surface area contributed by atoms with Crippen molar-refractivity contribution >= 4 is 5.91 Å². The molecule has 0 aliphatic heterocycles. The van der Waals surface area contributed by atoms with Crippen LogP contribution in [0.2, 0.25) is 0 Å². The van der Waals surface area contributed by atoms with Gasteiger partial charge in [0.05, 0.1) is 5.54 Å². The summed E-state index contributed by atoms with van der Waals surface area (Å²) >= 11 is 0. The van der Waals surface area contributed by atoms with E-state index in [1.54, 1.807) is 0 Å². The second kappa shape index (κ2) is 5.60. The summed E-state index contributed by atoms with van der Waals surface area (Å²) in [7, 11) is 0. The lowest BCUT2D eigenvalue weighted by atomic mass is 10.1. The Kier molecular flexibility index (Phi) is 5.17. The molecular weight excluding hydrogens is 166 g/mol. The van der Waals surface area contributed by atoms with Crippen molar-refractivity contribution in [1.29, 1.82) is 0 Å². The molecule has 0 saturated carbocycles. The summed E-state index contributed by atoms with van der Waals surface area (Å²) < 4.78 is 0. The van der Waals surface area contributed by atoms with Gasteiger partial charge in [0.25, 0.3) is 0 Å². The van der Waals surface area contributed by atoms with Crippen molar-refractivity contribution in [1.82, 2.24) is 5.32 Å². The third-order valence-corrected chi connectivity index (χ3v) is 1.41. The maximum atomic E-state index is 11.2. The zero-order valence-corrected chi connectivity index (χ0v) is 8.48. The van der Waals surface area contributed by atoms with Gasteiger partial charge in [-0.25, -0.2) is 0 Å². The van der Waals surface area contributed by atoms with E-state index in [2.05, 4.69) is 17.2 Å². The van der Waals surface area contributed by atoms with Crippen LogP contribution in [-0.2, 0) is 4.79 Å². The normalized spacial score (nSPS) is 10.2. The summed E-state index contributed by atoms with van der Waals surface area (Å²) in [5, 5.41) is 11.2. The molecule has 0 unspecified atom stereocenters. The molecule has 0 aliphatic carbocycles. The van der Waals surface area contributed by atoms with Crippen molar-refractivity contribution in [3.8, 4) is 11.8 Å². The topological polar surface area (TPSA) is 49.3 Å². The van der Waals surface area contributed by atoms with Crippen molar-refractivity contribution in [3.05, 3.63) is 0 Å². The molecule has 0 saturated heterocycles. The van der Waals surface area contributed by atoms with Gasteiger partial charge in [-0.05, 0) is 20.3 Å². The molecule has 74 valence electrons. The summed E-state index contributed by atoms with van der Waals surface area (Å²) in [6, 6.07) is 0. The average Bonchev–Trinajstić information content (AvgIpc) is 2.00. The van der Waals surface area contributed by atoms with Gasteiger partial charge in [0, 0.05) is 6.42 Å². The second-order valence-corrected chi connectivity index (χ2v) is 3.38. The molecule has 3 heteroatoms. The van der Waals surface area contributed by atoms with Crippen LogP contribution in [0, 0.1) is 11.8 Å². The molecule has 0 aromatic rings. The minimum Gasteiger partial charge on any atom is -0.384 e. The van der Waals surface area contributed by atoms with Gasteiger partial charge in [-0.2, -0.15) is 0 Å². The quantitative estimate of drug-likeness (QED) is 0.632. The number of aliphatic hydroxyl groups is 1. The van der Waals surface area contributed by atoms with Crippen LogP contribution in [0.4, 0.5) is 0 Å². The first-order valence-electron chi connectivity index (χ1n) is 4.43. The highest BCUT2D eigenvalue weighted by atomic mass is 16.2. The number of aliphatic hydroxyl groups excluding tert-OH is 1. The zero-order chi connectivity index (χ0) is 10.3. The molecule has 0 aromatic heterocycles. The van der Waals surface area contributed by atoms with Gasteiger partial charge in [0.15, 0.2) is 0 Å². The Hall–Kier alpha value is -1.01. The molecule has 0 rings (SSSR count). The molecule has 0 heterocycles. The number of hydrogen-bond acceptors (Lipinski definition) is 2. The molecule has 13 heavy (non-hydrogen) atoms. The molecule has 0 radical (unpaired) electrons. The Morgan fingerprint density at radius 2 is 2.15 bits per heavy atom. The summed E-state index contributed by atoms with van der Waals surface area (Å²) in [5.41, 5.74) is -0.547. The van der Waals surface area contributed by atoms with Gasteiger partial charge >= 0.3 is 0 Å². The highest BCUT2D eigenvalue weighted by Gasteiger charge is 2.15. The minimum absolute atomic E-state index is 0.000241. The van der Waals surface area contributed by atoms with Crippen LogP contribution >= 0.6 is 0 Å². The Balaban J connectivity index is 4.08. The number of amides is 1. The van der Waals surface area contributed by atoms with Crippen molar-refractivity contribution < 1.29 is 9.90 Å². The molecule has 0 spiro atoms. The largest absolute Gasteiger partial charge is 0.384 e. The van der Waals surface area contributed by atoms with E-state index in [-0.39, 0.29) is 12.5 Å². The standard InChI is InChI=1S/C10H17NO2/c1-4-6-9(13)11-10(2,3)7-5-8-12/h12H,4,6,8H2,1-3H3,(H,11,13). The van der Waals surface area contributed by atoms with Crippen molar-refractivity contribution in [2.45, 2.75) is 39.2 Å². The maximum Gasteiger partial charge on any atom is 0.221 e. The molecule has 3 nitrogen and oxygen atoms in total. The van der Waals surface area contributed by atoms with Crippen LogP contribution in [-0.4, -0.2) is 23.2 Å². The summed E-state index contributed by atoms with van der Waals surface area (Å²) in [6.45, 7) is 5.39. The van der Waals surface area contributed by atoms with E-state index in [0.29, 0.717) is 6.42 Å². The van der Waals surface area contributed by atoms with Crippen LogP contribution < -0.4 is 5.32 Å². The predicted octanol–water partition coefficient (Wildman–Crippen LogP) is 0.677. The Labute approximate surface area is 79.5 Å². The van der Waals surface area contributed by atoms with E-state index in [0.717, 1.165) is 6.42 Å². The fraction of sp³-hybridized carbons (Fsp3) is 0.700. The summed E-state index contributed by atoms with van der Waals surface area (Å²) in [6.07, 6.45) is 1.35. The van der Waals surface area contributed by atoms with Gasteiger partial charge in [-0.1, -0.05) is 18.8 Å². The van der Waals surface area contributed by atoms with E-state index in [1.807, 2.05) is 20.8 Å². The third kappa shape index (κ3) is 6.18. The summed E-state index contributed by atoms with van der Waals surface area (Å²) in [5.74, 6) is 5.29. The number of carbonyl (C=O) groups is 1. The molecular formula is C10H17NO2. The Morgan fingerprint density at radius 3 is 2.62 bits per heavy atom. The fourth-order valence-electron chi connectivity index (χ4n) is 0.930. The van der Waals surface area contributed by atoms with Crippen LogP contribution in [0.5, 0.6) is 0 Å². The van der Waals surface area contributed by atoms with Crippen molar-refractivity contribution in [2.24, 2.45) is 0 Å². The Morgan fingerprint density at radius 1 is 1.54 bits per heavy atom. The SMILES string of the molecule is CCCC(=O)NC(C)(C)C#CCO. The lowest BCUT2D eigenvalue weighted by Crippen LogP contribution is -2.42. The highest BCUT2D eigenvalue weighted by Crippen LogP contribution is 2.00. The first-order chi connectivity index (χ1) is 6.02. The average molecular weight is 183 g/mol. The van der Waals surface area contributed by atoms with E-state index in [9.17, 15) is 4.79 Å². The molecule has 0 fully saturated rings. The van der Waals surface area contributed by atoms with Gasteiger partial charge in [-0.3, -0.25) is 4.79 Å². The van der Waals surface area contributed by atoms with Gasteiger partial charge in [0.2, 0.25) is 5.91 Å². The number of hydrogen-bond donors (Lipinski definition) is 2. The number of carbonyl (C=O) groups excluding carboxylic acids is 1. The molecule has 0 aromatic carbocycles. The second-order valence-electron chi connectivity index (χ2n) is 3.38. The number of nitrogens with one attached hydrogen (secondary N) is 1. The molecule has 0 bridgehead atoms. The molecule has 0 atom stereocenters. The lowest BCUT2D eigenvalue weighted by Gasteiger charge is -2.19. The monoisotopic (exact) mass is 183 g/mol. The molecule has 1 amide bonds. The minimum atomic E-state index is -0.547. The molecule has 0 aliphatic rings.